The van der Waals surface area contributed by atoms with Crippen LogP contribution >= 0.6 is 0 Å². The molecule has 1 fully saturated rings. The van der Waals surface area contributed by atoms with Crippen molar-refractivity contribution in [3.8, 4) is 5.75 Å². The minimum absolute atomic E-state index is 0.198. The maximum Gasteiger partial charge on any atom is 0.120 e. The maximum absolute atomic E-state index is 9.87. The molecule has 3 heteroatoms. The zero-order chi connectivity index (χ0) is 11.5. The molecule has 0 spiro atoms. The van der Waals surface area contributed by atoms with Crippen LogP contribution in [0.25, 0.3) is 0 Å². The summed E-state index contributed by atoms with van der Waals surface area (Å²) < 4.78 is 5.18. The lowest BCUT2D eigenvalue weighted by atomic mass is 10.2. The number of ether oxygens (including phenoxy) is 1. The SMILES string of the molecule is COc1cccc(N(C)CC(O)C2CC2)c1. The average Bonchev–Trinajstić information content (AvgIpc) is 3.13. The van der Waals surface area contributed by atoms with Crippen LogP contribution in [-0.2, 0) is 0 Å². The average molecular weight is 221 g/mol. The molecule has 1 N–H and O–H groups in total. The van der Waals surface area contributed by atoms with Crippen LogP contribution in [0.1, 0.15) is 12.8 Å². The molecule has 1 aromatic rings. The first kappa shape index (κ1) is 11.3. The van der Waals surface area contributed by atoms with Gasteiger partial charge in [0.1, 0.15) is 5.75 Å². The van der Waals surface area contributed by atoms with Crippen LogP contribution < -0.4 is 9.64 Å². The Morgan fingerprint density at radius 2 is 2.25 bits per heavy atom. The summed E-state index contributed by atoms with van der Waals surface area (Å²) in [6.07, 6.45) is 2.15. The zero-order valence-electron chi connectivity index (χ0n) is 9.89. The van der Waals surface area contributed by atoms with Crippen molar-refractivity contribution in [1.29, 1.82) is 0 Å². The topological polar surface area (TPSA) is 32.7 Å². The van der Waals surface area contributed by atoms with E-state index in [1.807, 2.05) is 31.3 Å². The maximum atomic E-state index is 9.87. The molecule has 2 rings (SSSR count). The van der Waals surface area contributed by atoms with Crippen molar-refractivity contribution in [3.63, 3.8) is 0 Å². The van der Waals surface area contributed by atoms with E-state index in [-0.39, 0.29) is 6.10 Å². The largest absolute Gasteiger partial charge is 0.497 e. The lowest BCUT2D eigenvalue weighted by molar-refractivity contribution is 0.158. The van der Waals surface area contributed by atoms with Gasteiger partial charge >= 0.3 is 0 Å². The van der Waals surface area contributed by atoms with Crippen LogP contribution in [0.3, 0.4) is 0 Å². The van der Waals surface area contributed by atoms with Crippen LogP contribution in [0.15, 0.2) is 24.3 Å². The summed E-state index contributed by atoms with van der Waals surface area (Å²) in [5.74, 6) is 1.37. The standard InChI is InChI=1S/C13H19NO2/c1-14(9-13(15)10-6-7-10)11-4-3-5-12(8-11)16-2/h3-5,8,10,13,15H,6-7,9H2,1-2H3. The van der Waals surface area contributed by atoms with Gasteiger partial charge in [-0.2, -0.15) is 0 Å². The number of likely N-dealkylation sites (N-methyl/N-ethyl adjacent to an activating group) is 1. The Balaban J connectivity index is 1.98. The van der Waals surface area contributed by atoms with Gasteiger partial charge in [-0.05, 0) is 30.9 Å². The minimum Gasteiger partial charge on any atom is -0.497 e. The highest BCUT2D eigenvalue weighted by molar-refractivity contribution is 5.50. The van der Waals surface area contributed by atoms with E-state index in [9.17, 15) is 5.11 Å². The molecule has 3 nitrogen and oxygen atoms in total. The van der Waals surface area contributed by atoms with Gasteiger partial charge in [-0.15, -0.1) is 0 Å². The van der Waals surface area contributed by atoms with Gasteiger partial charge in [0, 0.05) is 25.3 Å². The van der Waals surface area contributed by atoms with E-state index in [0.29, 0.717) is 12.5 Å². The summed E-state index contributed by atoms with van der Waals surface area (Å²) in [5.41, 5.74) is 1.08. The molecule has 88 valence electrons. The third-order valence-corrected chi connectivity index (χ3v) is 3.12. The molecule has 0 heterocycles. The second-order valence-electron chi connectivity index (χ2n) is 4.49. The number of hydrogen-bond acceptors (Lipinski definition) is 3. The fraction of sp³-hybridized carbons (Fsp3) is 0.538. The van der Waals surface area contributed by atoms with Gasteiger partial charge in [-0.25, -0.2) is 0 Å². The molecule has 0 bridgehead atoms. The number of nitrogens with zero attached hydrogens (tertiary/aromatic N) is 1. The quantitative estimate of drug-likeness (QED) is 0.824. The predicted molar refractivity (Wildman–Crippen MR) is 65.0 cm³/mol. The second-order valence-corrected chi connectivity index (χ2v) is 4.49. The summed E-state index contributed by atoms with van der Waals surface area (Å²) in [7, 11) is 3.67. The Hall–Kier alpha value is -1.22. The van der Waals surface area contributed by atoms with Crippen LogP contribution in [0, 0.1) is 5.92 Å². The van der Waals surface area contributed by atoms with Crippen molar-refractivity contribution < 1.29 is 9.84 Å². The summed E-state index contributed by atoms with van der Waals surface area (Å²) in [4.78, 5) is 2.07. The number of methoxy groups -OCH3 is 1. The number of hydrogen-bond donors (Lipinski definition) is 1. The first-order valence-corrected chi connectivity index (χ1v) is 5.74. The van der Waals surface area contributed by atoms with Crippen molar-refractivity contribution in [3.05, 3.63) is 24.3 Å². The summed E-state index contributed by atoms with van der Waals surface area (Å²) >= 11 is 0. The van der Waals surface area contributed by atoms with E-state index >= 15 is 0 Å². The van der Waals surface area contributed by atoms with E-state index in [2.05, 4.69) is 4.90 Å². The Kier molecular flexibility index (Phi) is 3.34. The van der Waals surface area contributed by atoms with Crippen molar-refractivity contribution in [2.45, 2.75) is 18.9 Å². The highest BCUT2D eigenvalue weighted by Crippen LogP contribution is 2.33. The Morgan fingerprint density at radius 3 is 2.88 bits per heavy atom. The van der Waals surface area contributed by atoms with Crippen molar-refractivity contribution in [2.75, 3.05) is 25.6 Å². The van der Waals surface area contributed by atoms with Crippen molar-refractivity contribution in [1.82, 2.24) is 0 Å². The number of rotatable bonds is 5. The first-order valence-electron chi connectivity index (χ1n) is 5.74. The first-order chi connectivity index (χ1) is 7.70. The summed E-state index contributed by atoms with van der Waals surface area (Å²) in [5, 5.41) is 9.87. The molecule has 1 saturated carbocycles. The molecular weight excluding hydrogens is 202 g/mol. The smallest absolute Gasteiger partial charge is 0.120 e. The fourth-order valence-corrected chi connectivity index (χ4v) is 1.86. The van der Waals surface area contributed by atoms with E-state index in [1.54, 1.807) is 7.11 Å². The van der Waals surface area contributed by atoms with Gasteiger partial charge < -0.3 is 14.7 Å². The molecule has 0 saturated heterocycles. The second kappa shape index (κ2) is 4.74. The Morgan fingerprint density at radius 1 is 1.50 bits per heavy atom. The lowest BCUT2D eigenvalue weighted by Crippen LogP contribution is -2.30. The molecule has 0 aliphatic heterocycles. The van der Waals surface area contributed by atoms with Crippen LogP contribution in [-0.4, -0.2) is 31.9 Å². The lowest BCUT2D eigenvalue weighted by Gasteiger charge is -2.23. The van der Waals surface area contributed by atoms with Crippen molar-refractivity contribution in [2.24, 2.45) is 5.92 Å². The third kappa shape index (κ3) is 2.67. The minimum atomic E-state index is -0.198. The van der Waals surface area contributed by atoms with Crippen LogP contribution in [0.5, 0.6) is 5.75 Å². The van der Waals surface area contributed by atoms with Gasteiger partial charge in [0.25, 0.3) is 0 Å². The van der Waals surface area contributed by atoms with Gasteiger partial charge in [-0.1, -0.05) is 6.07 Å². The highest BCUT2D eigenvalue weighted by atomic mass is 16.5. The Labute approximate surface area is 96.6 Å². The molecule has 1 aromatic carbocycles. The predicted octanol–water partition coefficient (Wildman–Crippen LogP) is 1.90. The van der Waals surface area contributed by atoms with Gasteiger partial charge in [-0.3, -0.25) is 0 Å². The number of aliphatic hydroxyl groups is 1. The van der Waals surface area contributed by atoms with Gasteiger partial charge in [0.2, 0.25) is 0 Å². The number of anilines is 1. The normalized spacial score (nSPS) is 16.9. The summed E-state index contributed by atoms with van der Waals surface area (Å²) in [6, 6.07) is 7.91. The zero-order valence-corrected chi connectivity index (χ0v) is 9.89. The molecule has 0 aromatic heterocycles. The third-order valence-electron chi connectivity index (χ3n) is 3.12. The molecule has 16 heavy (non-hydrogen) atoms. The molecule has 0 amide bonds. The number of benzene rings is 1. The molecular formula is C13H19NO2. The van der Waals surface area contributed by atoms with E-state index in [0.717, 1.165) is 11.4 Å². The van der Waals surface area contributed by atoms with E-state index in [1.165, 1.54) is 12.8 Å². The molecule has 1 unspecified atom stereocenters. The molecule has 1 atom stereocenters. The van der Waals surface area contributed by atoms with Crippen molar-refractivity contribution >= 4 is 5.69 Å². The molecule has 1 aliphatic carbocycles. The monoisotopic (exact) mass is 221 g/mol. The molecule has 1 aliphatic rings. The van der Waals surface area contributed by atoms with Crippen LogP contribution in [0.4, 0.5) is 5.69 Å². The van der Waals surface area contributed by atoms with Gasteiger partial charge in [0.05, 0.1) is 13.2 Å². The summed E-state index contributed by atoms with van der Waals surface area (Å²) in [6.45, 7) is 0.692. The van der Waals surface area contributed by atoms with Gasteiger partial charge in [0.15, 0.2) is 0 Å². The number of aliphatic hydroxyl groups excluding tert-OH is 1. The molecule has 0 radical (unpaired) electrons. The highest BCUT2D eigenvalue weighted by Gasteiger charge is 2.30. The fourth-order valence-electron chi connectivity index (χ4n) is 1.86. The van der Waals surface area contributed by atoms with Crippen LogP contribution in [0.2, 0.25) is 0 Å². The van der Waals surface area contributed by atoms with E-state index < -0.39 is 0 Å². The van der Waals surface area contributed by atoms with E-state index in [4.69, 9.17) is 4.74 Å². The Bertz CT molecular complexity index is 350.